The Bertz CT molecular complexity index is 1050. The summed E-state index contributed by atoms with van der Waals surface area (Å²) in [6.45, 7) is 6.57. The fraction of sp³-hybridized carbons (Fsp3) is 0.667. The Balaban J connectivity index is 1.65. The van der Waals surface area contributed by atoms with Gasteiger partial charge in [-0.25, -0.2) is 4.98 Å². The number of ether oxygens (including phenoxy) is 1. The monoisotopic (exact) mass is 512 g/mol. The average Bonchev–Trinajstić information content (AvgIpc) is 3.20. The van der Waals surface area contributed by atoms with Crippen molar-refractivity contribution in [1.29, 1.82) is 0 Å². The van der Waals surface area contributed by atoms with Gasteiger partial charge >= 0.3 is 6.18 Å². The molecule has 0 radical (unpaired) electrons. The number of amides is 1. The number of pyridine rings is 1. The second kappa shape index (κ2) is 10.1. The maximum atomic E-state index is 13.3. The van der Waals surface area contributed by atoms with Crippen LogP contribution in [0.1, 0.15) is 36.0 Å². The number of aliphatic hydroxyl groups is 1. The Hall–Kier alpha value is -2.11. The number of aromatic nitrogens is 2. The van der Waals surface area contributed by atoms with Crippen LogP contribution in [0.2, 0.25) is 25.7 Å². The average molecular weight is 513 g/mol. The first-order valence-corrected chi connectivity index (χ1v) is 16.0. The van der Waals surface area contributed by atoms with Crippen molar-refractivity contribution < 1.29 is 27.8 Å². The smallest absolute Gasteiger partial charge is 0.396 e. The van der Waals surface area contributed by atoms with E-state index < -0.39 is 26.7 Å². The van der Waals surface area contributed by atoms with E-state index in [9.17, 15) is 23.1 Å². The van der Waals surface area contributed by atoms with E-state index in [4.69, 9.17) is 4.74 Å². The lowest BCUT2D eigenvalue weighted by molar-refractivity contribution is -0.141. The molecule has 0 bridgehead atoms. The third-order valence-corrected chi connectivity index (χ3v) is 8.70. The van der Waals surface area contributed by atoms with Crippen molar-refractivity contribution in [3.05, 3.63) is 24.0 Å². The highest BCUT2D eigenvalue weighted by atomic mass is 28.3. The van der Waals surface area contributed by atoms with Crippen molar-refractivity contribution in [2.45, 2.75) is 70.3 Å². The molecular formula is C24H35F3N4O3Si. The molecule has 2 aliphatic rings. The molecule has 11 heteroatoms. The molecule has 0 aromatic carbocycles. The molecule has 1 N–H and O–H groups in total. The van der Waals surface area contributed by atoms with Crippen molar-refractivity contribution in [1.82, 2.24) is 14.5 Å². The number of carbonyl (C=O) groups is 1. The van der Waals surface area contributed by atoms with Gasteiger partial charge in [0.15, 0.2) is 0 Å². The predicted molar refractivity (Wildman–Crippen MR) is 131 cm³/mol. The van der Waals surface area contributed by atoms with Crippen LogP contribution in [-0.2, 0) is 11.5 Å². The van der Waals surface area contributed by atoms with E-state index in [0.717, 1.165) is 42.0 Å². The number of hydrogen-bond donors (Lipinski definition) is 1. The number of alkyl halides is 3. The summed E-state index contributed by atoms with van der Waals surface area (Å²) >= 11 is 0. The maximum absolute atomic E-state index is 13.3. The number of fused-ring (bicyclic) bond motifs is 3. The summed E-state index contributed by atoms with van der Waals surface area (Å²) in [6.07, 6.45) is 1.90. The van der Waals surface area contributed by atoms with Gasteiger partial charge in [0.05, 0.1) is 17.9 Å². The van der Waals surface area contributed by atoms with Crippen molar-refractivity contribution >= 4 is 30.7 Å². The first kappa shape index (κ1) is 26.0. The van der Waals surface area contributed by atoms with Crippen LogP contribution in [0.5, 0.6) is 0 Å². The van der Waals surface area contributed by atoms with Gasteiger partial charge in [-0.2, -0.15) is 13.2 Å². The van der Waals surface area contributed by atoms with Crippen LogP contribution in [0.3, 0.4) is 0 Å². The number of nitrogens with zero attached hydrogens (tertiary/aromatic N) is 4. The van der Waals surface area contributed by atoms with Gasteiger partial charge in [-0.1, -0.05) is 19.6 Å². The van der Waals surface area contributed by atoms with Gasteiger partial charge in [0.2, 0.25) is 0 Å². The Labute approximate surface area is 204 Å². The van der Waals surface area contributed by atoms with E-state index in [1.54, 1.807) is 0 Å². The summed E-state index contributed by atoms with van der Waals surface area (Å²) in [5.74, 6) is -0.429. The van der Waals surface area contributed by atoms with Gasteiger partial charge in [-0.15, -0.1) is 0 Å². The van der Waals surface area contributed by atoms with Crippen LogP contribution in [0.15, 0.2) is 18.5 Å². The third kappa shape index (κ3) is 6.00. The van der Waals surface area contributed by atoms with Crippen molar-refractivity contribution in [2.75, 3.05) is 31.3 Å². The molecule has 0 atom stereocenters. The molecule has 194 valence electrons. The molecule has 0 unspecified atom stereocenters. The maximum Gasteiger partial charge on any atom is 0.406 e. The molecule has 35 heavy (non-hydrogen) atoms. The van der Waals surface area contributed by atoms with Crippen LogP contribution in [0, 0.1) is 5.92 Å². The topological polar surface area (TPSA) is 70.8 Å². The van der Waals surface area contributed by atoms with E-state index in [-0.39, 0.29) is 30.8 Å². The zero-order chi connectivity index (χ0) is 25.4. The molecule has 2 aromatic heterocycles. The van der Waals surface area contributed by atoms with Crippen LogP contribution < -0.4 is 4.90 Å². The zero-order valence-electron chi connectivity index (χ0n) is 20.6. The minimum Gasteiger partial charge on any atom is -0.396 e. The summed E-state index contributed by atoms with van der Waals surface area (Å²) in [4.78, 5) is 20.4. The van der Waals surface area contributed by atoms with Crippen molar-refractivity contribution in [3.63, 3.8) is 0 Å². The molecule has 4 rings (SSSR count). The van der Waals surface area contributed by atoms with Gasteiger partial charge in [0.25, 0.3) is 5.91 Å². The molecule has 0 spiro atoms. The molecule has 1 saturated carbocycles. The van der Waals surface area contributed by atoms with Gasteiger partial charge in [-0.05, 0) is 43.7 Å². The standard InChI is InChI=1S/C24H35F3N4O3Si/c1-35(2,3)11-10-34-16-29-9-8-19-21-20(12-28-22(19)29)23(33)30(14-24(25,26)27)15-31(21)18-6-4-17(13-32)5-7-18/h8-9,12,17-18,32H,4-7,10-11,13-16H2,1-3H3/t17-,18-. The molecule has 0 saturated heterocycles. The molecular weight excluding hydrogens is 477 g/mol. The number of carbonyl (C=O) groups excluding carboxylic acids is 1. The Morgan fingerprint density at radius 1 is 1.20 bits per heavy atom. The number of aliphatic hydroxyl groups excluding tert-OH is 1. The number of hydrogen-bond acceptors (Lipinski definition) is 5. The Kier molecular flexibility index (Phi) is 7.49. The lowest BCUT2D eigenvalue weighted by Crippen LogP contribution is -2.54. The summed E-state index contributed by atoms with van der Waals surface area (Å²) in [7, 11) is -1.21. The van der Waals surface area contributed by atoms with Crippen LogP contribution in [-0.4, -0.2) is 72.2 Å². The minimum atomic E-state index is -4.48. The molecule has 1 aliphatic heterocycles. The van der Waals surface area contributed by atoms with Crippen molar-refractivity contribution in [3.8, 4) is 0 Å². The summed E-state index contributed by atoms with van der Waals surface area (Å²) in [5.41, 5.74) is 1.52. The third-order valence-electron chi connectivity index (χ3n) is 7.00. The Morgan fingerprint density at radius 2 is 1.91 bits per heavy atom. The first-order chi connectivity index (χ1) is 16.5. The summed E-state index contributed by atoms with van der Waals surface area (Å²) < 4.78 is 47.6. The highest BCUT2D eigenvalue weighted by molar-refractivity contribution is 6.76. The highest BCUT2D eigenvalue weighted by Crippen LogP contribution is 2.40. The number of rotatable bonds is 8. The summed E-state index contributed by atoms with van der Waals surface area (Å²) in [5, 5.41) is 10.3. The minimum absolute atomic E-state index is 0.0117. The normalized spacial score (nSPS) is 21.6. The predicted octanol–water partition coefficient (Wildman–Crippen LogP) is 4.68. The van der Waals surface area contributed by atoms with Crippen LogP contribution in [0.4, 0.5) is 18.9 Å². The molecule has 1 aliphatic carbocycles. The van der Waals surface area contributed by atoms with Crippen LogP contribution in [0.25, 0.3) is 11.0 Å². The lowest BCUT2D eigenvalue weighted by atomic mass is 9.85. The van der Waals surface area contributed by atoms with Crippen molar-refractivity contribution in [2.24, 2.45) is 5.92 Å². The quantitative estimate of drug-likeness (QED) is 0.411. The fourth-order valence-corrected chi connectivity index (χ4v) is 5.76. The van der Waals surface area contributed by atoms with E-state index in [1.807, 2.05) is 21.7 Å². The summed E-state index contributed by atoms with van der Waals surface area (Å²) in [6, 6.07) is 2.91. The second-order valence-electron chi connectivity index (χ2n) is 11.0. The fourth-order valence-electron chi connectivity index (χ4n) is 5.00. The first-order valence-electron chi connectivity index (χ1n) is 12.3. The second-order valence-corrected chi connectivity index (χ2v) is 16.6. The largest absolute Gasteiger partial charge is 0.406 e. The molecule has 3 heterocycles. The van der Waals surface area contributed by atoms with Gasteiger partial charge in [-0.3, -0.25) is 4.79 Å². The van der Waals surface area contributed by atoms with E-state index in [0.29, 0.717) is 24.7 Å². The molecule has 1 fully saturated rings. The number of anilines is 1. The van der Waals surface area contributed by atoms with E-state index >= 15 is 0 Å². The molecule has 1 amide bonds. The Morgan fingerprint density at radius 3 is 2.54 bits per heavy atom. The van der Waals surface area contributed by atoms with E-state index in [1.165, 1.54) is 6.20 Å². The SMILES string of the molecule is C[Si](C)(C)CCOCn1ccc2c3c(cnc21)C(=O)N(CC(F)(F)F)CN3[C@H]1CC[C@H](CO)CC1. The number of halogens is 3. The van der Waals surface area contributed by atoms with Gasteiger partial charge in [0, 0.05) is 45.1 Å². The zero-order valence-corrected chi connectivity index (χ0v) is 21.6. The van der Waals surface area contributed by atoms with Gasteiger partial charge < -0.3 is 24.2 Å². The highest BCUT2D eigenvalue weighted by Gasteiger charge is 2.41. The van der Waals surface area contributed by atoms with E-state index in [2.05, 4.69) is 24.6 Å². The lowest BCUT2D eigenvalue weighted by Gasteiger charge is -2.44. The molecule has 2 aromatic rings. The van der Waals surface area contributed by atoms with Gasteiger partial charge in [0.1, 0.15) is 18.9 Å². The molecule has 7 nitrogen and oxygen atoms in total. The van der Waals surface area contributed by atoms with Crippen LogP contribution >= 0.6 is 0 Å².